The van der Waals surface area contributed by atoms with Crippen LogP contribution in [0.1, 0.15) is 18.0 Å². The Morgan fingerprint density at radius 3 is 2.73 bits per heavy atom. The van der Waals surface area contributed by atoms with Crippen LogP contribution in [0.2, 0.25) is 0 Å². The minimum Gasteiger partial charge on any atom is -0.454 e. The highest BCUT2D eigenvalue weighted by Gasteiger charge is 2.28. The summed E-state index contributed by atoms with van der Waals surface area (Å²) < 4.78 is 10.5. The van der Waals surface area contributed by atoms with Gasteiger partial charge in [0.05, 0.1) is 6.54 Å². The van der Waals surface area contributed by atoms with E-state index in [0.717, 1.165) is 5.56 Å². The average molecular weight is 410 g/mol. The lowest BCUT2D eigenvalue weighted by molar-refractivity contribution is -0.123. The average Bonchev–Trinajstić information content (AvgIpc) is 3.12. The fourth-order valence-corrected chi connectivity index (χ4v) is 3.55. The van der Waals surface area contributed by atoms with Gasteiger partial charge in [-0.15, -0.1) is 0 Å². The third-order valence-corrected chi connectivity index (χ3v) is 4.96. The quantitative estimate of drug-likeness (QED) is 0.707. The van der Waals surface area contributed by atoms with Crippen LogP contribution in [0.4, 0.5) is 10.5 Å². The molecule has 0 aliphatic carbocycles. The number of carbonyl (C=O) groups excluding carboxylic acids is 3. The van der Waals surface area contributed by atoms with Gasteiger partial charge in [0, 0.05) is 37.3 Å². The summed E-state index contributed by atoms with van der Waals surface area (Å²) in [5.41, 5.74) is 1.43. The van der Waals surface area contributed by atoms with Crippen LogP contribution < -0.4 is 25.4 Å². The van der Waals surface area contributed by atoms with E-state index >= 15 is 0 Å². The maximum atomic E-state index is 12.5. The van der Waals surface area contributed by atoms with Crippen LogP contribution in [0.3, 0.4) is 0 Å². The number of amides is 4. The monoisotopic (exact) mass is 410 g/mol. The van der Waals surface area contributed by atoms with Crippen molar-refractivity contribution in [3.05, 3.63) is 54.1 Å². The van der Waals surface area contributed by atoms with Gasteiger partial charge >= 0.3 is 6.03 Å². The Morgan fingerprint density at radius 1 is 1.10 bits per heavy atom. The van der Waals surface area contributed by atoms with E-state index in [1.54, 1.807) is 18.2 Å². The van der Waals surface area contributed by atoms with E-state index in [1.165, 1.54) is 0 Å². The van der Waals surface area contributed by atoms with Gasteiger partial charge in [-0.2, -0.15) is 0 Å². The summed E-state index contributed by atoms with van der Waals surface area (Å²) in [6.45, 7) is 1.07. The van der Waals surface area contributed by atoms with Crippen molar-refractivity contribution < 1.29 is 23.9 Å². The van der Waals surface area contributed by atoms with E-state index in [-0.39, 0.29) is 31.7 Å². The Balaban J connectivity index is 1.37. The van der Waals surface area contributed by atoms with Crippen molar-refractivity contribution in [3.63, 3.8) is 0 Å². The molecule has 3 N–H and O–H groups in total. The minimum atomic E-state index is -0.640. The predicted molar refractivity (Wildman–Crippen MR) is 108 cm³/mol. The summed E-state index contributed by atoms with van der Waals surface area (Å²) in [6.07, 6.45) is 0.251. The zero-order valence-electron chi connectivity index (χ0n) is 16.2. The van der Waals surface area contributed by atoms with Crippen molar-refractivity contribution >= 4 is 23.5 Å². The number of ether oxygens (including phenoxy) is 2. The maximum absolute atomic E-state index is 12.5. The molecule has 2 heterocycles. The molecule has 4 amide bonds. The van der Waals surface area contributed by atoms with Crippen molar-refractivity contribution in [2.75, 3.05) is 31.7 Å². The standard InChI is InChI=1S/C21H22N4O5/c26-19-11-16(14-4-2-1-3-5-14)25(9-8-22-19)12-20(27)24-21(28)23-15-6-7-17-18(10-15)30-13-29-17/h1-7,10,16H,8-9,11-13H2,(H,22,26)(H2,23,24,27,28). The van der Waals surface area contributed by atoms with Crippen LogP contribution in [0.15, 0.2) is 48.5 Å². The molecule has 2 aliphatic heterocycles. The first kappa shape index (κ1) is 19.7. The number of rotatable bonds is 4. The largest absolute Gasteiger partial charge is 0.454 e. The zero-order chi connectivity index (χ0) is 20.9. The topological polar surface area (TPSA) is 109 Å². The number of hydrogen-bond donors (Lipinski definition) is 3. The summed E-state index contributed by atoms with van der Waals surface area (Å²) in [4.78, 5) is 38.7. The fourth-order valence-electron chi connectivity index (χ4n) is 3.55. The molecule has 1 atom stereocenters. The summed E-state index contributed by atoms with van der Waals surface area (Å²) in [5, 5.41) is 7.78. The van der Waals surface area contributed by atoms with Gasteiger partial charge in [0.2, 0.25) is 18.6 Å². The van der Waals surface area contributed by atoms with Crippen LogP contribution in [-0.4, -0.2) is 49.2 Å². The number of benzene rings is 2. The highest BCUT2D eigenvalue weighted by atomic mass is 16.7. The highest BCUT2D eigenvalue weighted by molar-refractivity contribution is 6.02. The number of imide groups is 1. The predicted octanol–water partition coefficient (Wildman–Crippen LogP) is 1.63. The number of carbonyl (C=O) groups is 3. The molecule has 0 saturated carbocycles. The highest BCUT2D eigenvalue weighted by Crippen LogP contribution is 2.34. The SMILES string of the molecule is O=C1CC(c2ccccc2)N(CC(=O)NC(=O)Nc2ccc3c(c2)OCO3)CCN1. The van der Waals surface area contributed by atoms with Crippen molar-refractivity contribution in [3.8, 4) is 11.5 Å². The molecule has 1 saturated heterocycles. The first-order chi connectivity index (χ1) is 14.6. The van der Waals surface area contributed by atoms with Gasteiger partial charge < -0.3 is 20.1 Å². The van der Waals surface area contributed by atoms with Crippen LogP contribution in [-0.2, 0) is 9.59 Å². The molecule has 2 aromatic carbocycles. The first-order valence-electron chi connectivity index (χ1n) is 9.64. The summed E-state index contributed by atoms with van der Waals surface area (Å²) in [5.74, 6) is 0.621. The smallest absolute Gasteiger partial charge is 0.325 e. The number of nitrogens with zero attached hydrogens (tertiary/aromatic N) is 1. The Hall–Kier alpha value is -3.59. The Labute approximate surface area is 173 Å². The number of fused-ring (bicyclic) bond motifs is 1. The van der Waals surface area contributed by atoms with Gasteiger partial charge in [0.25, 0.3) is 0 Å². The summed E-state index contributed by atoms with van der Waals surface area (Å²) in [7, 11) is 0. The van der Waals surface area contributed by atoms with E-state index in [1.807, 2.05) is 35.2 Å². The third kappa shape index (κ3) is 4.69. The molecule has 4 rings (SSSR count). The molecule has 0 bridgehead atoms. The molecule has 9 nitrogen and oxygen atoms in total. The lowest BCUT2D eigenvalue weighted by atomic mass is 10.0. The van der Waals surface area contributed by atoms with Crippen molar-refractivity contribution in [2.45, 2.75) is 12.5 Å². The lowest BCUT2D eigenvalue weighted by Crippen LogP contribution is -2.43. The molecule has 2 aliphatic rings. The molecule has 1 fully saturated rings. The van der Waals surface area contributed by atoms with Crippen molar-refractivity contribution in [2.24, 2.45) is 0 Å². The number of urea groups is 1. The molecule has 0 aromatic heterocycles. The number of anilines is 1. The molecule has 0 radical (unpaired) electrons. The molecule has 9 heteroatoms. The molecule has 2 aromatic rings. The van der Waals surface area contributed by atoms with Crippen LogP contribution in [0.25, 0.3) is 0 Å². The number of hydrogen-bond acceptors (Lipinski definition) is 6. The van der Waals surface area contributed by atoms with Gasteiger partial charge in [0.1, 0.15) is 0 Å². The third-order valence-electron chi connectivity index (χ3n) is 4.96. The normalized spacial score (nSPS) is 18.3. The van der Waals surface area contributed by atoms with E-state index in [4.69, 9.17) is 9.47 Å². The lowest BCUT2D eigenvalue weighted by Gasteiger charge is -2.28. The van der Waals surface area contributed by atoms with Crippen molar-refractivity contribution in [1.82, 2.24) is 15.5 Å². The van der Waals surface area contributed by atoms with Gasteiger partial charge in [-0.25, -0.2) is 4.79 Å². The van der Waals surface area contributed by atoms with Crippen LogP contribution >= 0.6 is 0 Å². The van der Waals surface area contributed by atoms with Gasteiger partial charge in [-0.1, -0.05) is 30.3 Å². The minimum absolute atomic E-state index is 0.0108. The number of nitrogens with one attached hydrogen (secondary N) is 3. The first-order valence-corrected chi connectivity index (χ1v) is 9.64. The molecule has 1 unspecified atom stereocenters. The van der Waals surface area contributed by atoms with Gasteiger partial charge in [-0.05, 0) is 17.7 Å². The van der Waals surface area contributed by atoms with E-state index < -0.39 is 11.9 Å². The van der Waals surface area contributed by atoms with Gasteiger partial charge in [-0.3, -0.25) is 19.8 Å². The van der Waals surface area contributed by atoms with Gasteiger partial charge in [0.15, 0.2) is 11.5 Å². The molecule has 30 heavy (non-hydrogen) atoms. The van der Waals surface area contributed by atoms with E-state index in [9.17, 15) is 14.4 Å². The summed E-state index contributed by atoms with van der Waals surface area (Å²) in [6, 6.07) is 13.7. The molecule has 0 spiro atoms. The molecular formula is C21H22N4O5. The van der Waals surface area contributed by atoms with Crippen molar-refractivity contribution in [1.29, 1.82) is 0 Å². The van der Waals surface area contributed by atoms with E-state index in [2.05, 4.69) is 16.0 Å². The van der Waals surface area contributed by atoms with Crippen LogP contribution in [0.5, 0.6) is 11.5 Å². The van der Waals surface area contributed by atoms with E-state index in [0.29, 0.717) is 30.3 Å². The fraction of sp³-hybridized carbons (Fsp3) is 0.286. The molecular weight excluding hydrogens is 388 g/mol. The Kier molecular flexibility index (Phi) is 5.80. The Morgan fingerprint density at radius 2 is 1.90 bits per heavy atom. The Bertz CT molecular complexity index is 950. The second-order valence-corrected chi connectivity index (χ2v) is 7.02. The van der Waals surface area contributed by atoms with Crippen LogP contribution in [0, 0.1) is 0 Å². The second kappa shape index (κ2) is 8.83. The summed E-state index contributed by atoms with van der Waals surface area (Å²) >= 11 is 0. The maximum Gasteiger partial charge on any atom is 0.325 e. The molecule has 156 valence electrons. The second-order valence-electron chi connectivity index (χ2n) is 7.02. The zero-order valence-corrected chi connectivity index (χ0v) is 16.2.